The Hall–Kier alpha value is -1.43. The molecule has 0 radical (unpaired) electrons. The quantitative estimate of drug-likeness (QED) is 0.487. The molecular formula is C15H20O5. The van der Waals surface area contributed by atoms with Crippen molar-refractivity contribution in [1.29, 1.82) is 0 Å². The van der Waals surface area contributed by atoms with Crippen LogP contribution >= 0.6 is 0 Å². The van der Waals surface area contributed by atoms with Gasteiger partial charge in [0.25, 0.3) is 0 Å². The fourth-order valence-electron chi connectivity index (χ4n) is 2.21. The first-order valence-electron chi connectivity index (χ1n) is 6.69. The first kappa shape index (κ1) is 15.0. The lowest BCUT2D eigenvalue weighted by Gasteiger charge is -2.34. The van der Waals surface area contributed by atoms with Crippen LogP contribution in [0.4, 0.5) is 0 Å². The van der Waals surface area contributed by atoms with E-state index < -0.39 is 5.60 Å². The molecule has 0 aromatic heterocycles. The van der Waals surface area contributed by atoms with Crippen LogP contribution < -0.4 is 0 Å². The third kappa shape index (κ3) is 3.36. The van der Waals surface area contributed by atoms with E-state index in [0.29, 0.717) is 11.3 Å². The molecule has 1 saturated heterocycles. The summed E-state index contributed by atoms with van der Waals surface area (Å²) in [5, 5.41) is 8.87. The summed E-state index contributed by atoms with van der Waals surface area (Å²) in [4.78, 5) is 22.2. The summed E-state index contributed by atoms with van der Waals surface area (Å²) in [6.07, 6.45) is 6.54. The lowest BCUT2D eigenvalue weighted by atomic mass is 9.93. The zero-order chi connectivity index (χ0) is 14.8. The Morgan fingerprint density at radius 2 is 2.35 bits per heavy atom. The van der Waals surface area contributed by atoms with Crippen molar-refractivity contribution in [2.75, 3.05) is 6.61 Å². The third-order valence-electron chi connectivity index (χ3n) is 3.52. The number of hydrogen-bond donors (Lipinski definition) is 1. The monoisotopic (exact) mass is 280 g/mol. The molecule has 0 spiro atoms. The van der Waals surface area contributed by atoms with Crippen molar-refractivity contribution >= 4 is 5.97 Å². The fourth-order valence-corrected chi connectivity index (χ4v) is 2.21. The molecule has 2 rings (SSSR count). The molecule has 0 bridgehead atoms. The van der Waals surface area contributed by atoms with Crippen LogP contribution in [0.15, 0.2) is 35.1 Å². The number of carbonyl (C=O) groups excluding carboxylic acids is 1. The molecule has 2 heterocycles. The maximum Gasteiger partial charge on any atom is 0.339 e. The second-order valence-corrected chi connectivity index (χ2v) is 5.41. The van der Waals surface area contributed by atoms with Crippen LogP contribution in [0, 0.1) is 0 Å². The number of allylic oxidation sites excluding steroid dienone is 1. The molecule has 5 heteroatoms. The number of cyclic esters (lactones) is 1. The highest BCUT2D eigenvalue weighted by Crippen LogP contribution is 2.32. The Labute approximate surface area is 118 Å². The van der Waals surface area contributed by atoms with Gasteiger partial charge < -0.3 is 9.84 Å². The van der Waals surface area contributed by atoms with E-state index in [0.717, 1.165) is 18.4 Å². The molecule has 0 unspecified atom stereocenters. The van der Waals surface area contributed by atoms with Crippen LogP contribution in [0.25, 0.3) is 0 Å². The Balaban J connectivity index is 2.00. The lowest BCUT2D eigenvalue weighted by Crippen LogP contribution is -2.36. The van der Waals surface area contributed by atoms with Crippen molar-refractivity contribution in [1.82, 2.24) is 0 Å². The number of esters is 1. The van der Waals surface area contributed by atoms with Gasteiger partial charge in [0.1, 0.15) is 17.5 Å². The van der Waals surface area contributed by atoms with Crippen molar-refractivity contribution in [3.63, 3.8) is 0 Å². The van der Waals surface area contributed by atoms with E-state index >= 15 is 0 Å². The van der Waals surface area contributed by atoms with Crippen LogP contribution in [0.2, 0.25) is 0 Å². The molecule has 20 heavy (non-hydrogen) atoms. The Morgan fingerprint density at radius 3 is 2.85 bits per heavy atom. The maximum atomic E-state index is 11.3. The summed E-state index contributed by atoms with van der Waals surface area (Å²) in [6, 6.07) is 0. The van der Waals surface area contributed by atoms with E-state index in [9.17, 15) is 4.79 Å². The van der Waals surface area contributed by atoms with Crippen LogP contribution in [-0.2, 0) is 19.3 Å². The summed E-state index contributed by atoms with van der Waals surface area (Å²) >= 11 is 0. The zero-order valence-corrected chi connectivity index (χ0v) is 12.0. The van der Waals surface area contributed by atoms with E-state index in [2.05, 4.69) is 0 Å². The predicted octanol–water partition coefficient (Wildman–Crippen LogP) is 2.18. The van der Waals surface area contributed by atoms with Gasteiger partial charge in [-0.25, -0.2) is 14.6 Å². The topological polar surface area (TPSA) is 65.0 Å². The van der Waals surface area contributed by atoms with E-state index in [-0.39, 0.29) is 18.7 Å². The molecule has 1 fully saturated rings. The minimum absolute atomic E-state index is 0.00691. The molecule has 0 saturated carbocycles. The molecule has 1 N–H and O–H groups in total. The third-order valence-corrected chi connectivity index (χ3v) is 3.52. The van der Waals surface area contributed by atoms with Crippen LogP contribution in [0.5, 0.6) is 0 Å². The Kier molecular flexibility index (Phi) is 4.42. The van der Waals surface area contributed by atoms with E-state index in [4.69, 9.17) is 19.6 Å². The predicted molar refractivity (Wildman–Crippen MR) is 72.4 cm³/mol. The van der Waals surface area contributed by atoms with Crippen molar-refractivity contribution in [2.24, 2.45) is 0 Å². The average molecular weight is 280 g/mol. The number of aliphatic hydroxyl groups excluding tert-OH is 1. The first-order valence-corrected chi connectivity index (χ1v) is 6.69. The second-order valence-electron chi connectivity index (χ2n) is 5.41. The van der Waals surface area contributed by atoms with Crippen LogP contribution in [0.1, 0.15) is 33.6 Å². The molecular weight excluding hydrogens is 260 g/mol. The molecule has 5 nitrogen and oxygen atoms in total. The summed E-state index contributed by atoms with van der Waals surface area (Å²) in [7, 11) is 0. The van der Waals surface area contributed by atoms with Crippen LogP contribution in [-0.4, -0.2) is 29.4 Å². The molecule has 0 aromatic carbocycles. The van der Waals surface area contributed by atoms with Gasteiger partial charge >= 0.3 is 5.97 Å². The summed E-state index contributed by atoms with van der Waals surface area (Å²) in [5.41, 5.74) is 0.911. The number of carbonyl (C=O) groups is 1. The van der Waals surface area contributed by atoms with Crippen LogP contribution in [0.3, 0.4) is 0 Å². The van der Waals surface area contributed by atoms with Crippen molar-refractivity contribution in [2.45, 2.75) is 45.3 Å². The molecule has 0 aliphatic carbocycles. The van der Waals surface area contributed by atoms with E-state index in [1.54, 1.807) is 25.2 Å². The highest BCUT2D eigenvalue weighted by molar-refractivity contribution is 5.92. The first-order chi connectivity index (χ1) is 9.43. The summed E-state index contributed by atoms with van der Waals surface area (Å²) in [6.45, 7) is 5.49. The molecule has 2 aliphatic heterocycles. The van der Waals surface area contributed by atoms with Gasteiger partial charge in [0.05, 0.1) is 6.61 Å². The van der Waals surface area contributed by atoms with Gasteiger partial charge in [-0.2, -0.15) is 0 Å². The molecule has 110 valence electrons. The van der Waals surface area contributed by atoms with Gasteiger partial charge in [-0.15, -0.1) is 0 Å². The molecule has 0 amide bonds. The summed E-state index contributed by atoms with van der Waals surface area (Å²) < 4.78 is 5.10. The highest BCUT2D eigenvalue weighted by atomic mass is 17.2. The van der Waals surface area contributed by atoms with Gasteiger partial charge in [-0.1, -0.05) is 6.08 Å². The van der Waals surface area contributed by atoms with E-state index in [1.165, 1.54) is 0 Å². The standard InChI is InChI=1S/C15H20O5/c1-10(5-7-16)13-4-6-15(3,20-19-13)9-12-8-11(2)14(17)18-12/h5,8-9,13,16H,4,6-7H2,1-3H3/b10-5+,12-9+/t13-,15+/m0/s1. The highest BCUT2D eigenvalue weighted by Gasteiger charge is 2.34. The van der Waals surface area contributed by atoms with Crippen molar-refractivity contribution in [3.8, 4) is 0 Å². The number of aliphatic hydroxyl groups is 1. The molecule has 0 aromatic rings. The number of hydrogen-bond acceptors (Lipinski definition) is 5. The number of ether oxygens (including phenoxy) is 1. The normalized spacial score (nSPS) is 33.3. The molecule has 2 aliphatic rings. The molecule has 2 atom stereocenters. The Bertz CT molecular complexity index is 478. The van der Waals surface area contributed by atoms with Gasteiger partial charge in [0, 0.05) is 5.57 Å². The summed E-state index contributed by atoms with van der Waals surface area (Å²) in [5.74, 6) is 0.177. The van der Waals surface area contributed by atoms with Crippen molar-refractivity contribution < 1.29 is 24.4 Å². The second kappa shape index (κ2) is 5.91. The Morgan fingerprint density at radius 1 is 1.60 bits per heavy atom. The van der Waals surface area contributed by atoms with Gasteiger partial charge in [0.2, 0.25) is 0 Å². The maximum absolute atomic E-state index is 11.3. The average Bonchev–Trinajstić information content (AvgIpc) is 2.68. The fraction of sp³-hybridized carbons (Fsp3) is 0.533. The van der Waals surface area contributed by atoms with Gasteiger partial charge in [-0.05, 0) is 51.3 Å². The zero-order valence-electron chi connectivity index (χ0n) is 12.0. The SMILES string of the molecule is CC1=C/C(=C\[C@@]2(C)CC[C@@H](/C(C)=C/CO)OO2)OC1=O. The smallest absolute Gasteiger partial charge is 0.339 e. The lowest BCUT2D eigenvalue weighted by molar-refractivity contribution is -0.386. The minimum atomic E-state index is -0.618. The van der Waals surface area contributed by atoms with Gasteiger partial charge in [-0.3, -0.25) is 0 Å². The minimum Gasteiger partial charge on any atom is -0.423 e. The van der Waals surface area contributed by atoms with Gasteiger partial charge in [0.15, 0.2) is 0 Å². The largest absolute Gasteiger partial charge is 0.423 e. The van der Waals surface area contributed by atoms with E-state index in [1.807, 2.05) is 13.8 Å². The van der Waals surface area contributed by atoms with Crippen molar-refractivity contribution in [3.05, 3.63) is 35.1 Å². The number of rotatable bonds is 3.